The van der Waals surface area contributed by atoms with Crippen LogP contribution in [-0.2, 0) is 9.59 Å². The number of nitrogens with zero attached hydrogens (tertiary/aromatic N) is 2. The van der Waals surface area contributed by atoms with E-state index < -0.39 is 36.5 Å². The van der Waals surface area contributed by atoms with Crippen LogP contribution >= 0.6 is 0 Å². The van der Waals surface area contributed by atoms with Gasteiger partial charge >= 0.3 is 12.0 Å². The summed E-state index contributed by atoms with van der Waals surface area (Å²) in [4.78, 5) is 38.3. The Hall–Kier alpha value is -2.32. The van der Waals surface area contributed by atoms with Gasteiger partial charge < -0.3 is 21.9 Å². The van der Waals surface area contributed by atoms with Crippen LogP contribution in [0.2, 0.25) is 0 Å². The summed E-state index contributed by atoms with van der Waals surface area (Å²) in [6, 6.07) is -2.29. The zero-order chi connectivity index (χ0) is 13.9. The maximum Gasteiger partial charge on any atom is 0.325 e. The third kappa shape index (κ3) is 2.87. The fourth-order valence-corrected chi connectivity index (χ4v) is 1.68. The second kappa shape index (κ2) is 5.34. The van der Waals surface area contributed by atoms with Gasteiger partial charge in [-0.3, -0.25) is 14.5 Å². The van der Waals surface area contributed by atoms with Crippen molar-refractivity contribution in [2.75, 3.05) is 6.54 Å². The molecule has 1 saturated heterocycles. The van der Waals surface area contributed by atoms with Gasteiger partial charge in [-0.2, -0.15) is 0 Å². The van der Waals surface area contributed by atoms with Crippen LogP contribution in [0.25, 0.3) is 0 Å². The number of imide groups is 1. The lowest BCUT2D eigenvalue weighted by molar-refractivity contribution is -0.141. The number of aliphatic carboxylic acids is 1. The summed E-state index contributed by atoms with van der Waals surface area (Å²) in [6.45, 7) is 1.07. The van der Waals surface area contributed by atoms with Gasteiger partial charge in [0, 0.05) is 0 Å². The average Bonchev–Trinajstić information content (AvgIpc) is 2.53. The molecule has 9 heteroatoms. The second-order valence-corrected chi connectivity index (χ2v) is 3.77. The summed E-state index contributed by atoms with van der Waals surface area (Å²) in [7, 11) is 0. The zero-order valence-electron chi connectivity index (χ0n) is 9.79. The van der Waals surface area contributed by atoms with Crippen LogP contribution in [0, 0.1) is 0 Å². The van der Waals surface area contributed by atoms with Crippen molar-refractivity contribution in [3.05, 3.63) is 0 Å². The highest BCUT2D eigenvalue weighted by molar-refractivity contribution is 6.06. The van der Waals surface area contributed by atoms with Crippen molar-refractivity contribution in [2.45, 2.75) is 25.4 Å². The van der Waals surface area contributed by atoms with Crippen LogP contribution in [0.1, 0.15) is 13.3 Å². The highest BCUT2D eigenvalue weighted by atomic mass is 16.4. The largest absolute Gasteiger partial charge is 0.480 e. The molecule has 0 spiro atoms. The van der Waals surface area contributed by atoms with E-state index in [0.717, 1.165) is 0 Å². The molecule has 0 saturated carbocycles. The number of rotatable bonds is 5. The molecule has 3 amide bonds. The number of carboxylic acid groups (broad SMARTS) is 1. The Kier molecular flexibility index (Phi) is 4.08. The van der Waals surface area contributed by atoms with Crippen molar-refractivity contribution in [3.8, 4) is 0 Å². The van der Waals surface area contributed by atoms with Gasteiger partial charge in [0.15, 0.2) is 5.96 Å². The Morgan fingerprint density at radius 3 is 2.61 bits per heavy atom. The molecule has 18 heavy (non-hydrogen) atoms. The number of hydrogen-bond acceptors (Lipinski definition) is 4. The van der Waals surface area contributed by atoms with E-state index in [9.17, 15) is 14.4 Å². The Bertz CT molecular complexity index is 404. The molecule has 1 aliphatic heterocycles. The molecular weight excluding hydrogens is 242 g/mol. The molecule has 0 aromatic carbocycles. The molecule has 6 N–H and O–H groups in total. The van der Waals surface area contributed by atoms with Gasteiger partial charge in [-0.1, -0.05) is 6.92 Å². The van der Waals surface area contributed by atoms with Crippen LogP contribution in [-0.4, -0.2) is 52.5 Å². The van der Waals surface area contributed by atoms with E-state index >= 15 is 0 Å². The van der Waals surface area contributed by atoms with E-state index in [-0.39, 0.29) is 5.96 Å². The summed E-state index contributed by atoms with van der Waals surface area (Å²) >= 11 is 0. The van der Waals surface area contributed by atoms with Gasteiger partial charge in [-0.25, -0.2) is 9.79 Å². The summed E-state index contributed by atoms with van der Waals surface area (Å²) in [6.07, 6.45) is 0.426. The summed E-state index contributed by atoms with van der Waals surface area (Å²) < 4.78 is 0. The molecule has 0 radical (unpaired) electrons. The first-order chi connectivity index (χ1) is 8.36. The molecule has 0 bridgehead atoms. The quantitative estimate of drug-likeness (QED) is 0.255. The number of guanidine groups is 1. The zero-order valence-corrected chi connectivity index (χ0v) is 9.79. The number of urea groups is 1. The Balaban J connectivity index is 2.87. The maximum atomic E-state index is 11.9. The van der Waals surface area contributed by atoms with Crippen molar-refractivity contribution >= 4 is 23.9 Å². The highest BCUT2D eigenvalue weighted by Gasteiger charge is 2.42. The predicted octanol–water partition coefficient (Wildman–Crippen LogP) is -1.96. The smallest absolute Gasteiger partial charge is 0.325 e. The lowest BCUT2D eigenvalue weighted by Crippen LogP contribution is -2.42. The van der Waals surface area contributed by atoms with E-state index in [1.54, 1.807) is 6.92 Å². The molecular formula is C9H15N5O4. The minimum Gasteiger partial charge on any atom is -0.480 e. The average molecular weight is 257 g/mol. The monoisotopic (exact) mass is 257 g/mol. The Labute approximate surface area is 103 Å². The van der Waals surface area contributed by atoms with E-state index in [1.165, 1.54) is 0 Å². The highest BCUT2D eigenvalue weighted by Crippen LogP contribution is 2.14. The number of carbonyl (C=O) groups is 3. The minimum atomic E-state index is -1.27. The molecule has 100 valence electrons. The number of nitrogens with one attached hydrogen (secondary N) is 1. The standard InChI is InChI=1S/C9H15N5O4/c1-2-4(12-8(10)11)6-7(17)14(3-5(15)16)9(18)13-6/h4,6H,2-3H2,1H3,(H,13,18)(H,15,16)(H4,10,11,12)/t4-,6?/m1/s1. The lowest BCUT2D eigenvalue weighted by Gasteiger charge is -2.16. The van der Waals surface area contributed by atoms with Crippen LogP contribution < -0.4 is 16.8 Å². The van der Waals surface area contributed by atoms with Gasteiger partial charge in [0.2, 0.25) is 0 Å². The molecule has 1 aliphatic rings. The van der Waals surface area contributed by atoms with E-state index in [1.807, 2.05) is 0 Å². The fourth-order valence-electron chi connectivity index (χ4n) is 1.68. The van der Waals surface area contributed by atoms with Crippen LogP contribution in [0.15, 0.2) is 4.99 Å². The number of aliphatic imine (C=N–C) groups is 1. The van der Waals surface area contributed by atoms with Gasteiger partial charge in [0.25, 0.3) is 5.91 Å². The molecule has 1 heterocycles. The topological polar surface area (TPSA) is 151 Å². The second-order valence-electron chi connectivity index (χ2n) is 3.77. The molecule has 0 aromatic heterocycles. The minimum absolute atomic E-state index is 0.194. The number of amides is 3. The number of carbonyl (C=O) groups excluding carboxylic acids is 2. The number of hydrogen-bond donors (Lipinski definition) is 4. The van der Waals surface area contributed by atoms with Gasteiger partial charge in [0.05, 0.1) is 6.04 Å². The van der Waals surface area contributed by atoms with E-state index in [2.05, 4.69) is 10.3 Å². The number of carboxylic acids is 1. The van der Waals surface area contributed by atoms with Crippen LogP contribution in [0.4, 0.5) is 4.79 Å². The van der Waals surface area contributed by atoms with E-state index in [4.69, 9.17) is 16.6 Å². The van der Waals surface area contributed by atoms with Gasteiger partial charge in [-0.05, 0) is 6.42 Å². The Morgan fingerprint density at radius 2 is 2.17 bits per heavy atom. The third-order valence-electron chi connectivity index (χ3n) is 2.47. The molecule has 2 atom stereocenters. The van der Waals surface area contributed by atoms with Gasteiger partial charge in [0.1, 0.15) is 12.6 Å². The van der Waals surface area contributed by atoms with Crippen molar-refractivity contribution in [2.24, 2.45) is 16.5 Å². The SMILES string of the molecule is CC[C@@H](N=C(N)N)C1NC(=O)N(CC(=O)O)C1=O. The molecule has 0 aromatic rings. The third-order valence-corrected chi connectivity index (χ3v) is 2.47. The van der Waals surface area contributed by atoms with Crippen molar-refractivity contribution in [1.82, 2.24) is 10.2 Å². The number of nitrogens with two attached hydrogens (primary N) is 2. The van der Waals surface area contributed by atoms with Crippen molar-refractivity contribution < 1.29 is 19.5 Å². The molecule has 1 rings (SSSR count). The summed E-state index contributed by atoms with van der Waals surface area (Å²) in [5.74, 6) is -2.10. The van der Waals surface area contributed by atoms with Crippen LogP contribution in [0.3, 0.4) is 0 Å². The first kappa shape index (κ1) is 13.7. The predicted molar refractivity (Wildman–Crippen MR) is 61.6 cm³/mol. The maximum absolute atomic E-state index is 11.9. The first-order valence-corrected chi connectivity index (χ1v) is 5.29. The molecule has 0 aliphatic carbocycles. The van der Waals surface area contributed by atoms with E-state index in [0.29, 0.717) is 11.3 Å². The molecule has 1 unspecified atom stereocenters. The van der Waals surface area contributed by atoms with Crippen LogP contribution in [0.5, 0.6) is 0 Å². The summed E-state index contributed by atoms with van der Waals surface area (Å²) in [5, 5.41) is 11.0. The van der Waals surface area contributed by atoms with Crippen molar-refractivity contribution in [1.29, 1.82) is 0 Å². The first-order valence-electron chi connectivity index (χ1n) is 5.29. The Morgan fingerprint density at radius 1 is 1.56 bits per heavy atom. The molecule has 1 fully saturated rings. The lowest BCUT2D eigenvalue weighted by atomic mass is 10.1. The van der Waals surface area contributed by atoms with Crippen molar-refractivity contribution in [3.63, 3.8) is 0 Å². The van der Waals surface area contributed by atoms with Gasteiger partial charge in [-0.15, -0.1) is 0 Å². The molecule has 9 nitrogen and oxygen atoms in total. The normalized spacial score (nSPS) is 20.5. The summed E-state index contributed by atoms with van der Waals surface area (Å²) in [5.41, 5.74) is 10.5. The fraction of sp³-hybridized carbons (Fsp3) is 0.556.